The van der Waals surface area contributed by atoms with E-state index < -0.39 is 0 Å². The second-order valence-electron chi connectivity index (χ2n) is 5.76. The monoisotopic (exact) mass is 299 g/mol. The molecule has 0 unspecified atom stereocenters. The van der Waals surface area contributed by atoms with E-state index >= 15 is 0 Å². The van der Waals surface area contributed by atoms with Gasteiger partial charge in [-0.25, -0.2) is 0 Å². The normalized spacial score (nSPS) is 10.8. The first kappa shape index (κ1) is 15.8. The Morgan fingerprint density at radius 2 is 2.18 bits per heavy atom. The van der Waals surface area contributed by atoms with E-state index in [1.54, 1.807) is 18.0 Å². The Hall–Kier alpha value is -2.55. The molecule has 0 aliphatic carbocycles. The average molecular weight is 299 g/mol. The van der Waals surface area contributed by atoms with Crippen LogP contribution in [0.2, 0.25) is 0 Å². The Bertz CT molecular complexity index is 732. The van der Waals surface area contributed by atoms with Crippen molar-refractivity contribution in [2.75, 3.05) is 7.05 Å². The Morgan fingerprint density at radius 1 is 1.50 bits per heavy atom. The van der Waals surface area contributed by atoms with Crippen molar-refractivity contribution in [1.29, 1.82) is 5.26 Å². The molecule has 2 heterocycles. The van der Waals surface area contributed by atoms with Crippen LogP contribution < -0.4 is 0 Å². The van der Waals surface area contributed by atoms with Gasteiger partial charge >= 0.3 is 0 Å². The number of nitriles is 1. The van der Waals surface area contributed by atoms with Gasteiger partial charge in [0, 0.05) is 37.1 Å². The lowest BCUT2D eigenvalue weighted by molar-refractivity contribution is 0.0779. The average Bonchev–Trinajstić information content (AvgIpc) is 3.06. The maximum atomic E-state index is 12.4. The van der Waals surface area contributed by atoms with Crippen LogP contribution in [0.3, 0.4) is 0 Å². The fourth-order valence-corrected chi connectivity index (χ4v) is 2.53. The first-order valence-corrected chi connectivity index (χ1v) is 7.23. The first-order valence-electron chi connectivity index (χ1n) is 7.23. The summed E-state index contributed by atoms with van der Waals surface area (Å²) < 4.78 is 1.98. The van der Waals surface area contributed by atoms with Crippen LogP contribution >= 0.6 is 0 Å². The molecule has 2 rings (SSSR count). The Labute approximate surface area is 130 Å². The molecule has 1 amide bonds. The number of carbonyl (C=O) groups excluding carboxylic acids is 1. The number of H-pyrrole nitrogens is 1. The highest BCUT2D eigenvalue weighted by Gasteiger charge is 2.19. The van der Waals surface area contributed by atoms with Crippen LogP contribution in [0.15, 0.2) is 12.3 Å². The topological polar surface area (TPSA) is 77.7 Å². The number of hydrogen-bond donors (Lipinski definition) is 1. The van der Waals surface area contributed by atoms with Gasteiger partial charge in [0.25, 0.3) is 5.91 Å². The number of hydrogen-bond acceptors (Lipinski definition) is 3. The van der Waals surface area contributed by atoms with E-state index in [4.69, 9.17) is 5.26 Å². The van der Waals surface area contributed by atoms with Gasteiger partial charge in [-0.05, 0) is 33.8 Å². The largest absolute Gasteiger partial charge is 0.356 e. The van der Waals surface area contributed by atoms with E-state index in [2.05, 4.69) is 23.9 Å². The van der Waals surface area contributed by atoms with Crippen molar-refractivity contribution in [3.05, 3.63) is 40.5 Å². The summed E-state index contributed by atoms with van der Waals surface area (Å²) in [6, 6.07) is 3.86. The number of aromatic amines is 1. The molecular formula is C16H21N5O. The van der Waals surface area contributed by atoms with Gasteiger partial charge in [0.15, 0.2) is 0 Å². The highest BCUT2D eigenvalue weighted by Crippen LogP contribution is 2.19. The molecule has 0 saturated carbocycles. The summed E-state index contributed by atoms with van der Waals surface area (Å²) in [5.41, 5.74) is 3.96. The molecular weight excluding hydrogens is 278 g/mol. The summed E-state index contributed by atoms with van der Waals surface area (Å²) in [5.74, 6) is -0.141. The minimum atomic E-state index is -0.141. The minimum absolute atomic E-state index is 0.141. The molecule has 6 nitrogen and oxygen atoms in total. The molecule has 2 aromatic heterocycles. The Morgan fingerprint density at radius 3 is 2.68 bits per heavy atom. The van der Waals surface area contributed by atoms with Crippen LogP contribution in [-0.4, -0.2) is 32.6 Å². The summed E-state index contributed by atoms with van der Waals surface area (Å²) in [4.78, 5) is 16.9. The zero-order valence-corrected chi connectivity index (χ0v) is 13.6. The number of amides is 1. The van der Waals surface area contributed by atoms with Crippen LogP contribution in [0.1, 0.15) is 52.9 Å². The number of aromatic nitrogens is 3. The van der Waals surface area contributed by atoms with Crippen molar-refractivity contribution >= 4 is 5.91 Å². The van der Waals surface area contributed by atoms with Gasteiger partial charge in [0.05, 0.1) is 11.3 Å². The number of nitrogens with zero attached hydrogens (tertiary/aromatic N) is 4. The molecule has 0 radical (unpaired) electrons. The van der Waals surface area contributed by atoms with E-state index in [0.29, 0.717) is 17.8 Å². The van der Waals surface area contributed by atoms with Crippen molar-refractivity contribution < 1.29 is 4.79 Å². The number of nitrogens with one attached hydrogen (secondary N) is 1. The molecule has 2 aromatic rings. The van der Waals surface area contributed by atoms with Crippen molar-refractivity contribution in [1.82, 2.24) is 19.7 Å². The number of rotatable bonds is 4. The van der Waals surface area contributed by atoms with E-state index in [9.17, 15) is 4.79 Å². The summed E-state index contributed by atoms with van der Waals surface area (Å²) in [6.45, 7) is 8.64. The SMILES string of the molecule is Cc1nn(C(C)C)c(C)c1CN(C)C(=O)c1cc(C#N)c[nH]1. The molecule has 0 aromatic carbocycles. The van der Waals surface area contributed by atoms with Crippen LogP contribution in [0.5, 0.6) is 0 Å². The fraction of sp³-hybridized carbons (Fsp3) is 0.438. The third-order valence-electron chi connectivity index (χ3n) is 3.75. The Balaban J connectivity index is 2.20. The molecule has 0 spiro atoms. The lowest BCUT2D eigenvalue weighted by atomic mass is 10.1. The van der Waals surface area contributed by atoms with E-state index in [0.717, 1.165) is 17.0 Å². The highest BCUT2D eigenvalue weighted by molar-refractivity contribution is 5.92. The van der Waals surface area contributed by atoms with Crippen LogP contribution in [0, 0.1) is 25.2 Å². The lowest BCUT2D eigenvalue weighted by Gasteiger charge is -2.17. The highest BCUT2D eigenvalue weighted by atomic mass is 16.2. The van der Waals surface area contributed by atoms with Crippen molar-refractivity contribution in [3.63, 3.8) is 0 Å². The number of carbonyl (C=O) groups is 1. The van der Waals surface area contributed by atoms with Gasteiger partial charge in [0.1, 0.15) is 11.8 Å². The molecule has 1 N–H and O–H groups in total. The number of aryl methyl sites for hydroxylation is 1. The predicted octanol–water partition coefficient (Wildman–Crippen LogP) is 2.55. The molecule has 22 heavy (non-hydrogen) atoms. The minimum Gasteiger partial charge on any atom is -0.356 e. The van der Waals surface area contributed by atoms with Gasteiger partial charge < -0.3 is 9.88 Å². The fourth-order valence-electron chi connectivity index (χ4n) is 2.53. The summed E-state index contributed by atoms with van der Waals surface area (Å²) in [7, 11) is 1.75. The van der Waals surface area contributed by atoms with Gasteiger partial charge in [-0.1, -0.05) is 0 Å². The van der Waals surface area contributed by atoms with Gasteiger partial charge in [-0.3, -0.25) is 9.48 Å². The molecule has 0 bridgehead atoms. The zero-order chi connectivity index (χ0) is 16.4. The predicted molar refractivity (Wildman–Crippen MR) is 83.4 cm³/mol. The van der Waals surface area contributed by atoms with Gasteiger partial charge in [-0.2, -0.15) is 10.4 Å². The standard InChI is InChI=1S/C16H21N5O/c1-10(2)21-12(4)14(11(3)19-21)9-20(5)16(22)15-6-13(7-17)8-18-15/h6,8,10,18H,9H2,1-5H3. The van der Waals surface area contributed by atoms with E-state index in [1.165, 1.54) is 6.20 Å². The summed E-state index contributed by atoms with van der Waals surface area (Å²) in [5, 5.41) is 13.4. The van der Waals surface area contributed by atoms with Crippen molar-refractivity contribution in [2.45, 2.75) is 40.3 Å². The first-order chi connectivity index (χ1) is 10.3. The summed E-state index contributed by atoms with van der Waals surface area (Å²) in [6.07, 6.45) is 1.54. The molecule has 116 valence electrons. The molecule has 0 atom stereocenters. The zero-order valence-electron chi connectivity index (χ0n) is 13.6. The Kier molecular flexibility index (Phi) is 4.36. The molecule has 0 saturated heterocycles. The second kappa shape index (κ2) is 6.06. The van der Waals surface area contributed by atoms with Crippen LogP contribution in [0.4, 0.5) is 0 Å². The quantitative estimate of drug-likeness (QED) is 0.942. The summed E-state index contributed by atoms with van der Waals surface area (Å²) >= 11 is 0. The van der Waals surface area contributed by atoms with Crippen molar-refractivity contribution in [3.8, 4) is 6.07 Å². The molecule has 0 aliphatic heterocycles. The maximum absolute atomic E-state index is 12.4. The van der Waals surface area contributed by atoms with Gasteiger partial charge in [0.2, 0.25) is 0 Å². The van der Waals surface area contributed by atoms with Gasteiger partial charge in [-0.15, -0.1) is 0 Å². The van der Waals surface area contributed by atoms with E-state index in [1.807, 2.05) is 24.6 Å². The second-order valence-corrected chi connectivity index (χ2v) is 5.76. The molecule has 6 heteroatoms. The third-order valence-corrected chi connectivity index (χ3v) is 3.75. The van der Waals surface area contributed by atoms with E-state index in [-0.39, 0.29) is 11.9 Å². The lowest BCUT2D eigenvalue weighted by Crippen LogP contribution is -2.27. The smallest absolute Gasteiger partial charge is 0.270 e. The molecule has 0 fully saturated rings. The van der Waals surface area contributed by atoms with Crippen LogP contribution in [-0.2, 0) is 6.54 Å². The van der Waals surface area contributed by atoms with Crippen molar-refractivity contribution in [2.24, 2.45) is 0 Å². The maximum Gasteiger partial charge on any atom is 0.270 e. The third kappa shape index (κ3) is 2.89. The van der Waals surface area contributed by atoms with Crippen LogP contribution in [0.25, 0.3) is 0 Å². The molecule has 0 aliphatic rings.